The van der Waals surface area contributed by atoms with E-state index < -0.39 is 72.7 Å². The van der Waals surface area contributed by atoms with Crippen LogP contribution >= 0.6 is 21.6 Å². The summed E-state index contributed by atoms with van der Waals surface area (Å²) in [4.78, 5) is 71.4. The smallest absolute Gasteiger partial charge is 0.317 e. The lowest BCUT2D eigenvalue weighted by Gasteiger charge is -2.22. The molecule has 67 heavy (non-hydrogen) atoms. The maximum Gasteiger partial charge on any atom is 0.317 e. The standard InChI is InChI=1S/C24H38N4O9S2.C10H18O7.C7H16O4/c1-5-18(15-29)37-23(35-4)16-36-22(32)13-20(31)26-12-6-11-25-19(30)9-10-24(2,3)39-38-21-8-7-17(14-27-21)28(33)34;1-3-7(5-11)17-10(15-2)6-16-9(14)4-8(12)13;1-3-6(4-8)11-7(5-9)10-2/h7-8,14,18,23,29H,5-6,9-13,15-16H2,1-4H3,(H,25,30)(H,26,31);7,10-11H,3-6H2,1-2H3,(H,12,13);6-9H,3-5H2,1-2H3. The molecule has 0 saturated carbocycles. The predicted molar refractivity (Wildman–Crippen MR) is 243 cm³/mol. The normalized spacial score (nSPS) is 13.7. The van der Waals surface area contributed by atoms with Crippen molar-refractivity contribution in [1.29, 1.82) is 0 Å². The summed E-state index contributed by atoms with van der Waals surface area (Å²) in [5.41, 5.74) is -0.0649. The fraction of sp³-hybridized carbons (Fsp3) is 0.756. The summed E-state index contributed by atoms with van der Waals surface area (Å²) in [7, 11) is 7.12. The molecular weight excluding hydrogens is 933 g/mol. The lowest BCUT2D eigenvalue weighted by atomic mass is 10.1. The molecule has 26 heteroatoms. The molecule has 0 aliphatic carbocycles. The minimum absolute atomic E-state index is 0.0453. The van der Waals surface area contributed by atoms with Gasteiger partial charge in [-0.15, -0.1) is 0 Å². The number of amides is 2. The van der Waals surface area contributed by atoms with Gasteiger partial charge in [-0.1, -0.05) is 31.6 Å². The number of pyridine rings is 1. The summed E-state index contributed by atoms with van der Waals surface area (Å²) in [5.74, 6) is -3.46. The van der Waals surface area contributed by atoms with Crippen molar-refractivity contribution in [3.8, 4) is 0 Å². The highest BCUT2D eigenvalue weighted by Crippen LogP contribution is 2.42. The highest BCUT2D eigenvalue weighted by molar-refractivity contribution is 8.77. The summed E-state index contributed by atoms with van der Waals surface area (Å²) in [5, 5.41) is 60.5. The molecule has 0 fully saturated rings. The first-order valence-corrected chi connectivity index (χ1v) is 23.5. The van der Waals surface area contributed by atoms with Crippen LogP contribution in [0.5, 0.6) is 0 Å². The van der Waals surface area contributed by atoms with Gasteiger partial charge in [0.05, 0.1) is 49.7 Å². The average molecular weight is 1010 g/mol. The summed E-state index contributed by atoms with van der Waals surface area (Å²) in [6.45, 7) is 9.21. The molecule has 1 aromatic heterocycles. The van der Waals surface area contributed by atoms with Crippen molar-refractivity contribution in [2.45, 2.75) is 133 Å². The number of aliphatic hydroxyl groups is 4. The summed E-state index contributed by atoms with van der Waals surface area (Å²) in [6.07, 6.45) is -0.0357. The van der Waals surface area contributed by atoms with Gasteiger partial charge in [0.25, 0.3) is 5.69 Å². The van der Waals surface area contributed by atoms with Crippen LogP contribution in [-0.2, 0) is 61.9 Å². The van der Waals surface area contributed by atoms with Gasteiger partial charge in [0.1, 0.15) is 37.3 Å². The van der Waals surface area contributed by atoms with Crippen molar-refractivity contribution in [2.24, 2.45) is 0 Å². The molecule has 1 heterocycles. The minimum Gasteiger partial charge on any atom is -0.481 e. The van der Waals surface area contributed by atoms with E-state index in [1.807, 2.05) is 34.6 Å². The molecule has 388 valence electrons. The summed E-state index contributed by atoms with van der Waals surface area (Å²) in [6, 6.07) is 3.00. The number of carboxylic acid groups (broad SMARTS) is 1. The van der Waals surface area contributed by atoms with Crippen molar-refractivity contribution in [3.05, 3.63) is 28.4 Å². The zero-order valence-corrected chi connectivity index (χ0v) is 41.2. The van der Waals surface area contributed by atoms with E-state index in [0.717, 1.165) is 0 Å². The number of nitrogens with one attached hydrogen (secondary N) is 2. The number of aliphatic carboxylic acids is 1. The second-order valence-corrected chi connectivity index (χ2v) is 17.3. The average Bonchev–Trinajstić information content (AvgIpc) is 3.31. The van der Waals surface area contributed by atoms with Gasteiger partial charge in [0.15, 0.2) is 18.9 Å². The van der Waals surface area contributed by atoms with E-state index in [1.54, 1.807) is 6.07 Å². The van der Waals surface area contributed by atoms with E-state index >= 15 is 0 Å². The highest BCUT2D eigenvalue weighted by atomic mass is 33.1. The number of aromatic nitrogens is 1. The molecule has 6 atom stereocenters. The van der Waals surface area contributed by atoms with Crippen LogP contribution in [0.25, 0.3) is 0 Å². The van der Waals surface area contributed by atoms with Crippen molar-refractivity contribution >= 4 is 57.0 Å². The van der Waals surface area contributed by atoms with Crippen molar-refractivity contribution in [2.75, 3.05) is 74.1 Å². The fourth-order valence-electron chi connectivity index (χ4n) is 4.46. The van der Waals surface area contributed by atoms with Gasteiger partial charge in [-0.05, 0) is 62.8 Å². The Hall–Kier alpha value is -3.80. The molecule has 0 spiro atoms. The Labute approximate surface area is 399 Å². The number of methoxy groups -OCH3 is 3. The van der Waals surface area contributed by atoms with E-state index in [-0.39, 0.29) is 68.6 Å². The van der Waals surface area contributed by atoms with E-state index in [4.69, 9.17) is 58.7 Å². The number of ether oxygens (including phenoxy) is 8. The SMILES string of the molecule is CCC(CO)OC(CO)OC.CCC(CO)OC(COC(=O)CC(=O)NCCCNC(=O)CCC(C)(C)SSc1ccc([N+](=O)[O-])cn1)OC.CCC(CO)OC(COC(=O)CC(=O)O)OC. The number of hydrogen-bond acceptors (Lipinski definition) is 22. The Morgan fingerprint density at radius 1 is 0.731 bits per heavy atom. The molecule has 0 aromatic carbocycles. The summed E-state index contributed by atoms with van der Waals surface area (Å²) < 4.78 is 39.9. The van der Waals surface area contributed by atoms with Gasteiger partial charge < -0.3 is 74.1 Å². The first-order valence-electron chi connectivity index (χ1n) is 21.3. The molecule has 0 bridgehead atoms. The molecule has 0 radical (unpaired) electrons. The van der Waals surface area contributed by atoms with Crippen LogP contribution in [0.3, 0.4) is 0 Å². The molecule has 7 N–H and O–H groups in total. The van der Waals surface area contributed by atoms with Crippen LogP contribution in [0.1, 0.15) is 86.0 Å². The molecule has 0 aliphatic rings. The minimum atomic E-state index is -1.26. The largest absolute Gasteiger partial charge is 0.481 e. The lowest BCUT2D eigenvalue weighted by Crippen LogP contribution is -2.33. The molecule has 24 nitrogen and oxygen atoms in total. The molecule has 0 aliphatic heterocycles. The van der Waals surface area contributed by atoms with Crippen LogP contribution in [0, 0.1) is 10.1 Å². The fourth-order valence-corrected chi connectivity index (χ4v) is 6.66. The Balaban J connectivity index is 0. The van der Waals surface area contributed by atoms with E-state index in [0.29, 0.717) is 50.1 Å². The first-order chi connectivity index (χ1) is 31.8. The Morgan fingerprint density at radius 3 is 1.58 bits per heavy atom. The van der Waals surface area contributed by atoms with Gasteiger partial charge in [0.2, 0.25) is 11.8 Å². The zero-order chi connectivity index (χ0) is 51.2. The van der Waals surface area contributed by atoms with E-state index in [1.165, 1.54) is 55.2 Å². The first kappa shape index (κ1) is 65.3. The quantitative estimate of drug-likeness (QED) is 0.00974. The number of hydrogen-bond donors (Lipinski definition) is 7. The Kier molecular flexibility index (Phi) is 39.1. The molecule has 2 amide bonds. The topological polar surface area (TPSA) is 340 Å². The van der Waals surface area contributed by atoms with Crippen molar-refractivity contribution in [3.63, 3.8) is 0 Å². The Morgan fingerprint density at radius 2 is 1.19 bits per heavy atom. The number of carboxylic acids is 1. The predicted octanol–water partition coefficient (Wildman–Crippen LogP) is 2.11. The Bertz CT molecular complexity index is 1490. The third-order valence-corrected chi connectivity index (χ3v) is 11.8. The second-order valence-electron chi connectivity index (χ2n) is 14.4. The van der Waals surface area contributed by atoms with Gasteiger partial charge in [-0.2, -0.15) is 0 Å². The molecule has 0 saturated heterocycles. The third-order valence-electron chi connectivity index (χ3n) is 8.54. The molecule has 6 unspecified atom stereocenters. The summed E-state index contributed by atoms with van der Waals surface area (Å²) >= 11 is 0. The van der Waals surface area contributed by atoms with Crippen LogP contribution < -0.4 is 10.6 Å². The monoisotopic (exact) mass is 1000 g/mol. The number of nitrogens with zero attached hydrogens (tertiary/aromatic N) is 2. The van der Waals surface area contributed by atoms with Gasteiger partial charge in [0, 0.05) is 51.7 Å². The number of aliphatic hydroxyl groups excluding tert-OH is 4. The number of carbonyl (C=O) groups is 5. The van der Waals surface area contributed by atoms with Crippen molar-refractivity contribution in [1.82, 2.24) is 15.6 Å². The second kappa shape index (κ2) is 40.1. The molecule has 1 rings (SSSR count). The maximum atomic E-state index is 12.2. The number of carbonyl (C=O) groups excluding carboxylic acids is 4. The van der Waals surface area contributed by atoms with Gasteiger partial charge in [-0.3, -0.25) is 34.1 Å². The van der Waals surface area contributed by atoms with Crippen LogP contribution in [0.15, 0.2) is 23.4 Å². The van der Waals surface area contributed by atoms with Gasteiger partial charge in [-0.25, -0.2) is 4.98 Å². The number of nitro groups is 1. The molecule has 1 aromatic rings. The van der Waals surface area contributed by atoms with Gasteiger partial charge >= 0.3 is 17.9 Å². The number of esters is 2. The molecular formula is C41H72N4O20S2. The highest BCUT2D eigenvalue weighted by Gasteiger charge is 2.23. The third kappa shape index (κ3) is 35.0. The zero-order valence-electron chi connectivity index (χ0n) is 39.6. The number of rotatable bonds is 35. The maximum absolute atomic E-state index is 12.2. The van der Waals surface area contributed by atoms with Crippen molar-refractivity contribution < 1.29 is 92.3 Å². The van der Waals surface area contributed by atoms with Crippen LogP contribution in [0.4, 0.5) is 5.69 Å². The lowest BCUT2D eigenvalue weighted by molar-refractivity contribution is -0.385. The van der Waals surface area contributed by atoms with E-state index in [2.05, 4.69) is 20.4 Å². The van der Waals surface area contributed by atoms with E-state index in [9.17, 15) is 34.1 Å². The van der Waals surface area contributed by atoms with Crippen LogP contribution in [-0.4, -0.2) is 181 Å². The van der Waals surface area contributed by atoms with Crippen LogP contribution in [0.2, 0.25) is 0 Å².